The van der Waals surface area contributed by atoms with Crippen molar-refractivity contribution in [3.63, 3.8) is 0 Å². The van der Waals surface area contributed by atoms with E-state index in [0.717, 1.165) is 16.7 Å². The third-order valence-corrected chi connectivity index (χ3v) is 3.65. The fourth-order valence-electron chi connectivity index (χ4n) is 2.89. The number of hydrogen-bond donors (Lipinski definition) is 1. The summed E-state index contributed by atoms with van der Waals surface area (Å²) < 4.78 is 43.7. The van der Waals surface area contributed by atoms with E-state index in [1.165, 1.54) is 12.4 Å². The Morgan fingerprint density at radius 1 is 1.38 bits per heavy atom. The third-order valence-electron chi connectivity index (χ3n) is 3.65. The number of hydrogen-bond acceptors (Lipinski definition) is 3. The third kappa shape index (κ3) is 4.44. The number of nitrogens with one attached hydrogen (secondary N) is 1. The smallest absolute Gasteiger partial charge is 0.368 e. The minimum Gasteiger partial charge on any atom is -0.368 e. The summed E-state index contributed by atoms with van der Waals surface area (Å²) >= 11 is 0. The zero-order chi connectivity index (χ0) is 15.9. The van der Waals surface area contributed by atoms with Gasteiger partial charge in [0.15, 0.2) is 0 Å². The summed E-state index contributed by atoms with van der Waals surface area (Å²) in [5, 5.41) is 7.10. The second-order valence-electron chi connectivity index (χ2n) is 6.76. The van der Waals surface area contributed by atoms with Crippen molar-refractivity contribution in [2.24, 2.45) is 0 Å². The van der Waals surface area contributed by atoms with Gasteiger partial charge in [0.05, 0.1) is 17.4 Å². The number of nitrogens with zero attached hydrogens (tertiary/aromatic N) is 2. The van der Waals surface area contributed by atoms with E-state index in [1.807, 2.05) is 27.7 Å². The number of halogens is 3. The highest BCUT2D eigenvalue weighted by Crippen LogP contribution is 2.37. The zero-order valence-corrected chi connectivity index (χ0v) is 12.8. The maximum Gasteiger partial charge on any atom is 0.408 e. The quantitative estimate of drug-likeness (QED) is 0.929. The Kier molecular flexibility index (Phi) is 4.10. The monoisotopic (exact) mass is 305 g/mol. The van der Waals surface area contributed by atoms with Crippen LogP contribution in [0.2, 0.25) is 0 Å². The largest absolute Gasteiger partial charge is 0.408 e. The minimum atomic E-state index is -4.25. The molecule has 1 fully saturated rings. The number of rotatable bonds is 4. The standard InChI is InChI=1S/C14H22F3N3O/c1-12(2)5-11(13(3,4)21-12)18-6-10-7-19-20(8-10)9-14(15,16)17/h7-8,11,18H,5-6,9H2,1-4H3/t11-/m1/s1. The lowest BCUT2D eigenvalue weighted by molar-refractivity contribution is -0.142. The number of ether oxygens (including phenoxy) is 1. The average molecular weight is 305 g/mol. The Bertz CT molecular complexity index is 494. The Morgan fingerprint density at radius 2 is 2.05 bits per heavy atom. The SMILES string of the molecule is CC1(C)C[C@@H](NCc2cnn(CC(F)(F)F)c2)C(C)(C)O1. The summed E-state index contributed by atoms with van der Waals surface area (Å²) in [6.45, 7) is 7.54. The molecule has 1 aromatic heterocycles. The predicted octanol–water partition coefficient (Wildman–Crippen LogP) is 2.88. The van der Waals surface area contributed by atoms with Crippen LogP contribution >= 0.6 is 0 Å². The van der Waals surface area contributed by atoms with E-state index in [-0.39, 0.29) is 17.2 Å². The van der Waals surface area contributed by atoms with Gasteiger partial charge in [0.25, 0.3) is 0 Å². The maximum atomic E-state index is 12.3. The van der Waals surface area contributed by atoms with Crippen molar-refractivity contribution in [3.05, 3.63) is 18.0 Å². The molecule has 2 rings (SSSR count). The van der Waals surface area contributed by atoms with Crippen LogP contribution in [0.5, 0.6) is 0 Å². The first kappa shape index (κ1) is 16.3. The van der Waals surface area contributed by atoms with Crippen LogP contribution in [0.1, 0.15) is 39.7 Å². The molecule has 1 saturated heterocycles. The molecule has 0 radical (unpaired) electrons. The molecule has 0 saturated carbocycles. The van der Waals surface area contributed by atoms with Gasteiger partial charge in [-0.3, -0.25) is 4.68 Å². The van der Waals surface area contributed by atoms with E-state index in [1.54, 1.807) is 0 Å². The van der Waals surface area contributed by atoms with E-state index >= 15 is 0 Å². The summed E-state index contributed by atoms with van der Waals surface area (Å²) in [6, 6.07) is 0.151. The fourth-order valence-corrected chi connectivity index (χ4v) is 2.89. The Morgan fingerprint density at radius 3 is 2.57 bits per heavy atom. The molecule has 0 spiro atoms. The van der Waals surface area contributed by atoms with Crippen LogP contribution in [0, 0.1) is 0 Å². The highest BCUT2D eigenvalue weighted by molar-refractivity contribution is 5.06. The first-order valence-corrected chi connectivity index (χ1v) is 6.98. The van der Waals surface area contributed by atoms with E-state index in [9.17, 15) is 13.2 Å². The Hall–Kier alpha value is -1.08. The van der Waals surface area contributed by atoms with E-state index in [4.69, 9.17) is 4.74 Å². The highest BCUT2D eigenvalue weighted by atomic mass is 19.4. The van der Waals surface area contributed by atoms with Crippen molar-refractivity contribution in [3.8, 4) is 0 Å². The molecule has 1 aliphatic rings. The van der Waals surface area contributed by atoms with Gasteiger partial charge >= 0.3 is 6.18 Å². The van der Waals surface area contributed by atoms with E-state index in [0.29, 0.717) is 6.54 Å². The van der Waals surface area contributed by atoms with Crippen molar-refractivity contribution in [2.75, 3.05) is 0 Å². The molecule has 7 heteroatoms. The molecule has 1 aliphatic heterocycles. The molecule has 1 aromatic rings. The topological polar surface area (TPSA) is 39.1 Å². The molecule has 120 valence electrons. The van der Waals surface area contributed by atoms with Crippen LogP contribution in [-0.4, -0.2) is 33.2 Å². The first-order chi connectivity index (χ1) is 9.47. The van der Waals surface area contributed by atoms with Crippen LogP contribution in [0.4, 0.5) is 13.2 Å². The summed E-state index contributed by atoms with van der Waals surface area (Å²) in [6.07, 6.45) is -0.500. The summed E-state index contributed by atoms with van der Waals surface area (Å²) in [5.74, 6) is 0. The summed E-state index contributed by atoms with van der Waals surface area (Å²) in [4.78, 5) is 0. The van der Waals surface area contributed by atoms with Crippen LogP contribution in [0.3, 0.4) is 0 Å². The summed E-state index contributed by atoms with van der Waals surface area (Å²) in [5.41, 5.74) is 0.243. The maximum absolute atomic E-state index is 12.3. The van der Waals surface area contributed by atoms with Gasteiger partial charge in [-0.2, -0.15) is 18.3 Å². The van der Waals surface area contributed by atoms with Gasteiger partial charge in [0.2, 0.25) is 0 Å². The van der Waals surface area contributed by atoms with E-state index in [2.05, 4.69) is 10.4 Å². The van der Waals surface area contributed by atoms with Gasteiger partial charge in [-0.05, 0) is 34.1 Å². The van der Waals surface area contributed by atoms with Crippen molar-refractivity contribution < 1.29 is 17.9 Å². The van der Waals surface area contributed by atoms with Crippen molar-refractivity contribution in [1.29, 1.82) is 0 Å². The van der Waals surface area contributed by atoms with Crippen LogP contribution in [0.25, 0.3) is 0 Å². The molecule has 0 aliphatic carbocycles. The van der Waals surface area contributed by atoms with Crippen LogP contribution in [0.15, 0.2) is 12.4 Å². The molecule has 0 aromatic carbocycles. The second-order valence-corrected chi connectivity index (χ2v) is 6.76. The van der Waals surface area contributed by atoms with Gasteiger partial charge in [-0.1, -0.05) is 0 Å². The molecule has 0 unspecified atom stereocenters. The number of alkyl halides is 3. The van der Waals surface area contributed by atoms with Gasteiger partial charge in [-0.15, -0.1) is 0 Å². The van der Waals surface area contributed by atoms with Crippen LogP contribution < -0.4 is 5.32 Å². The molecule has 1 atom stereocenters. The number of aromatic nitrogens is 2. The predicted molar refractivity (Wildman–Crippen MR) is 72.8 cm³/mol. The van der Waals surface area contributed by atoms with Crippen LogP contribution in [-0.2, 0) is 17.8 Å². The zero-order valence-electron chi connectivity index (χ0n) is 12.8. The van der Waals surface area contributed by atoms with Gasteiger partial charge in [0, 0.05) is 24.3 Å². The van der Waals surface area contributed by atoms with Crippen molar-refractivity contribution in [1.82, 2.24) is 15.1 Å². The first-order valence-electron chi connectivity index (χ1n) is 6.98. The Labute approximate surface area is 122 Å². The molecule has 0 amide bonds. The van der Waals surface area contributed by atoms with E-state index < -0.39 is 12.7 Å². The molecule has 21 heavy (non-hydrogen) atoms. The molecular formula is C14H22F3N3O. The Balaban J connectivity index is 1.92. The summed E-state index contributed by atoms with van der Waals surface area (Å²) in [7, 11) is 0. The molecule has 2 heterocycles. The fraction of sp³-hybridized carbons (Fsp3) is 0.786. The van der Waals surface area contributed by atoms with Crippen molar-refractivity contribution >= 4 is 0 Å². The van der Waals surface area contributed by atoms with Gasteiger partial charge in [0.1, 0.15) is 6.54 Å². The highest BCUT2D eigenvalue weighted by Gasteiger charge is 2.45. The second kappa shape index (κ2) is 5.28. The van der Waals surface area contributed by atoms with Gasteiger partial charge in [-0.25, -0.2) is 0 Å². The van der Waals surface area contributed by atoms with Crippen molar-refractivity contribution in [2.45, 2.75) is 70.6 Å². The molecule has 4 nitrogen and oxygen atoms in total. The van der Waals surface area contributed by atoms with Gasteiger partial charge < -0.3 is 10.1 Å². The molecular weight excluding hydrogens is 283 g/mol. The average Bonchev–Trinajstić information content (AvgIpc) is 2.75. The minimum absolute atomic E-state index is 0.151. The lowest BCUT2D eigenvalue weighted by atomic mass is 9.94. The molecule has 1 N–H and O–H groups in total. The normalized spacial score (nSPS) is 24.4. The lowest BCUT2D eigenvalue weighted by Gasteiger charge is -2.27. The molecule has 0 bridgehead atoms. The lowest BCUT2D eigenvalue weighted by Crippen LogP contribution is -2.42.